The standard InChI is InChI=1S/C21H22N2O3/c1-3-12-10-23(25)16-8-13(12)18-17(23)9-21(20(18)26-11(2)24)14-6-4-5-7-15(14)22-19(16)21/h3-7,13,16-18,20H,8-10H2,1-2H3/b12-3+/t13?,16-,17-,18?,20+,21+,23?/m0/s1. The molecule has 1 aromatic carbocycles. The molecule has 1 spiro atoms. The van der Waals surface area contributed by atoms with Gasteiger partial charge in [-0.2, -0.15) is 0 Å². The van der Waals surface area contributed by atoms with Crippen molar-refractivity contribution in [3.05, 3.63) is 46.7 Å². The van der Waals surface area contributed by atoms with E-state index in [1.54, 1.807) is 0 Å². The number of para-hydroxylation sites is 1. The molecule has 0 aromatic heterocycles. The Morgan fingerprint density at radius 3 is 3.00 bits per heavy atom. The smallest absolute Gasteiger partial charge is 0.302 e. The molecule has 1 saturated carbocycles. The SMILES string of the molecule is C/C=C1\C[N+]2([O-])[C@H]3CC1C1[C@@H](OC(C)=O)[C@@]4(C[C@@H]12)C3=Nc1ccccc14. The van der Waals surface area contributed by atoms with Crippen molar-refractivity contribution in [2.24, 2.45) is 16.8 Å². The molecule has 5 heteroatoms. The summed E-state index contributed by atoms with van der Waals surface area (Å²) < 4.78 is 5.82. The Hall–Kier alpha value is -1.98. The third-order valence-electron chi connectivity index (χ3n) is 7.81. The number of ether oxygens (including phenoxy) is 1. The van der Waals surface area contributed by atoms with Crippen molar-refractivity contribution < 1.29 is 14.2 Å². The van der Waals surface area contributed by atoms with Gasteiger partial charge >= 0.3 is 5.97 Å². The zero-order chi connectivity index (χ0) is 17.8. The summed E-state index contributed by atoms with van der Waals surface area (Å²) in [6, 6.07) is 8.10. The summed E-state index contributed by atoms with van der Waals surface area (Å²) in [6.45, 7) is 4.09. The van der Waals surface area contributed by atoms with Gasteiger partial charge in [0, 0.05) is 25.7 Å². The lowest BCUT2D eigenvalue weighted by molar-refractivity contribution is -0.934. The third-order valence-corrected chi connectivity index (χ3v) is 7.81. The van der Waals surface area contributed by atoms with Crippen molar-refractivity contribution in [3.63, 3.8) is 0 Å². The summed E-state index contributed by atoms with van der Waals surface area (Å²) in [5.74, 6) is 0.189. The monoisotopic (exact) mass is 350 g/mol. The molecule has 5 bridgehead atoms. The molecule has 0 N–H and O–H groups in total. The summed E-state index contributed by atoms with van der Waals surface area (Å²) in [6.07, 6.45) is 3.45. The lowest BCUT2D eigenvalue weighted by Gasteiger charge is -2.65. The maximum Gasteiger partial charge on any atom is 0.302 e. The molecular formula is C21H22N2O3. The number of hydroxylamine groups is 3. The van der Waals surface area contributed by atoms with Crippen molar-refractivity contribution >= 4 is 17.4 Å². The van der Waals surface area contributed by atoms with Gasteiger partial charge in [-0.05, 0) is 24.1 Å². The van der Waals surface area contributed by atoms with E-state index in [1.807, 2.05) is 25.1 Å². The third kappa shape index (κ3) is 1.41. The van der Waals surface area contributed by atoms with E-state index in [2.05, 4.69) is 12.1 Å². The molecule has 0 amide bonds. The van der Waals surface area contributed by atoms with Crippen molar-refractivity contribution in [2.75, 3.05) is 6.54 Å². The van der Waals surface area contributed by atoms with E-state index in [1.165, 1.54) is 12.5 Å². The van der Waals surface area contributed by atoms with Crippen LogP contribution in [0.4, 0.5) is 5.69 Å². The van der Waals surface area contributed by atoms with Crippen LogP contribution in [0.25, 0.3) is 0 Å². The highest BCUT2D eigenvalue weighted by atomic mass is 16.6. The van der Waals surface area contributed by atoms with Crippen LogP contribution in [0.1, 0.15) is 32.3 Å². The average Bonchev–Trinajstić information content (AvgIpc) is 3.08. The largest absolute Gasteiger partial charge is 0.632 e. The summed E-state index contributed by atoms with van der Waals surface area (Å²) in [5.41, 5.74) is 3.99. The van der Waals surface area contributed by atoms with Crippen molar-refractivity contribution in [1.82, 2.24) is 0 Å². The van der Waals surface area contributed by atoms with Gasteiger partial charge < -0.3 is 14.6 Å². The Balaban J connectivity index is 1.64. The van der Waals surface area contributed by atoms with Crippen LogP contribution >= 0.6 is 0 Å². The number of fused-ring (bicyclic) bond motifs is 2. The van der Waals surface area contributed by atoms with E-state index in [4.69, 9.17) is 9.73 Å². The number of piperidine rings is 4. The summed E-state index contributed by atoms with van der Waals surface area (Å²) in [4.78, 5) is 17.0. The molecule has 26 heavy (non-hydrogen) atoms. The topological polar surface area (TPSA) is 61.7 Å². The molecule has 1 aliphatic carbocycles. The van der Waals surface area contributed by atoms with Gasteiger partial charge in [0.05, 0.1) is 28.8 Å². The fourth-order valence-electron chi connectivity index (χ4n) is 7.06. The lowest BCUT2D eigenvalue weighted by Crippen LogP contribution is -2.73. The Labute approximate surface area is 152 Å². The van der Waals surface area contributed by atoms with Crippen LogP contribution < -0.4 is 0 Å². The number of aliphatic imine (C=N–C) groups is 1. The highest BCUT2D eigenvalue weighted by Crippen LogP contribution is 2.68. The Kier molecular flexibility index (Phi) is 2.59. The van der Waals surface area contributed by atoms with Crippen LogP contribution in [0.5, 0.6) is 0 Å². The lowest BCUT2D eigenvalue weighted by atomic mass is 9.66. The number of carbonyl (C=O) groups is 1. The van der Waals surface area contributed by atoms with Crippen LogP contribution in [-0.4, -0.2) is 41.1 Å². The van der Waals surface area contributed by atoms with E-state index >= 15 is 0 Å². The number of esters is 1. The minimum absolute atomic E-state index is 0.0110. The molecule has 6 aliphatic rings. The van der Waals surface area contributed by atoms with Crippen LogP contribution in [0.2, 0.25) is 0 Å². The summed E-state index contributed by atoms with van der Waals surface area (Å²) >= 11 is 0. The van der Waals surface area contributed by atoms with Crippen LogP contribution in [0.15, 0.2) is 40.9 Å². The normalized spacial score (nSPS) is 47.7. The predicted molar refractivity (Wildman–Crippen MR) is 96.8 cm³/mol. The molecule has 4 saturated heterocycles. The van der Waals surface area contributed by atoms with Crippen molar-refractivity contribution in [1.29, 1.82) is 0 Å². The van der Waals surface area contributed by atoms with Gasteiger partial charge in [0.15, 0.2) is 0 Å². The van der Waals surface area contributed by atoms with Crippen LogP contribution in [0, 0.1) is 17.0 Å². The Bertz CT molecular complexity index is 922. The number of carbonyl (C=O) groups excluding carboxylic acids is 1. The first-order valence-corrected chi connectivity index (χ1v) is 9.60. The molecule has 5 heterocycles. The van der Waals surface area contributed by atoms with E-state index < -0.39 is 0 Å². The number of allylic oxidation sites excluding steroid dienone is 1. The van der Waals surface area contributed by atoms with E-state index in [0.717, 1.165) is 29.8 Å². The molecule has 3 unspecified atom stereocenters. The second-order valence-corrected chi connectivity index (χ2v) is 8.60. The molecule has 7 atom stereocenters. The molecule has 134 valence electrons. The number of hydrogen-bond donors (Lipinski definition) is 0. The first kappa shape index (κ1) is 15.1. The Morgan fingerprint density at radius 2 is 2.23 bits per heavy atom. The number of quaternary nitrogens is 1. The minimum Gasteiger partial charge on any atom is -0.632 e. The number of rotatable bonds is 1. The minimum atomic E-state index is -0.383. The molecule has 5 nitrogen and oxygen atoms in total. The second-order valence-electron chi connectivity index (χ2n) is 8.60. The molecule has 0 radical (unpaired) electrons. The Morgan fingerprint density at radius 1 is 1.42 bits per heavy atom. The maximum atomic E-state index is 14.1. The van der Waals surface area contributed by atoms with E-state index in [0.29, 0.717) is 12.5 Å². The van der Waals surface area contributed by atoms with Gasteiger partial charge in [-0.25, -0.2) is 0 Å². The molecule has 7 rings (SSSR count). The fourth-order valence-corrected chi connectivity index (χ4v) is 7.06. The van der Waals surface area contributed by atoms with Gasteiger partial charge in [-0.15, -0.1) is 0 Å². The average molecular weight is 350 g/mol. The van der Waals surface area contributed by atoms with Crippen molar-refractivity contribution in [3.8, 4) is 0 Å². The number of hydrogen-bond acceptors (Lipinski definition) is 4. The van der Waals surface area contributed by atoms with Gasteiger partial charge in [0.1, 0.15) is 18.7 Å². The van der Waals surface area contributed by atoms with E-state index in [-0.39, 0.29) is 40.1 Å². The van der Waals surface area contributed by atoms with E-state index in [9.17, 15) is 10.0 Å². The maximum absolute atomic E-state index is 14.1. The molecular weight excluding hydrogens is 328 g/mol. The summed E-state index contributed by atoms with van der Waals surface area (Å²) in [5, 5.41) is 14.1. The number of nitrogens with zero attached hydrogens (tertiary/aromatic N) is 2. The highest BCUT2D eigenvalue weighted by molar-refractivity contribution is 6.07. The van der Waals surface area contributed by atoms with Gasteiger partial charge in [0.25, 0.3) is 0 Å². The summed E-state index contributed by atoms with van der Waals surface area (Å²) in [7, 11) is 0. The highest BCUT2D eigenvalue weighted by Gasteiger charge is 2.78. The quantitative estimate of drug-likeness (QED) is 0.338. The second kappa shape index (κ2) is 4.46. The zero-order valence-electron chi connectivity index (χ0n) is 15.0. The van der Waals surface area contributed by atoms with Crippen molar-refractivity contribution in [2.45, 2.75) is 50.3 Å². The first-order chi connectivity index (χ1) is 12.5. The first-order valence-electron chi connectivity index (χ1n) is 9.60. The van der Waals surface area contributed by atoms with Gasteiger partial charge in [-0.3, -0.25) is 9.79 Å². The zero-order valence-corrected chi connectivity index (χ0v) is 15.0. The molecule has 1 aromatic rings. The van der Waals surface area contributed by atoms with Crippen LogP contribution in [0.3, 0.4) is 0 Å². The molecule has 5 fully saturated rings. The van der Waals surface area contributed by atoms with Crippen LogP contribution in [-0.2, 0) is 14.9 Å². The van der Waals surface area contributed by atoms with Gasteiger partial charge in [0.2, 0.25) is 0 Å². The number of benzene rings is 1. The fraction of sp³-hybridized carbons (Fsp3) is 0.524. The van der Waals surface area contributed by atoms with Gasteiger partial charge in [-0.1, -0.05) is 24.3 Å². The molecule has 5 aliphatic heterocycles. The predicted octanol–water partition coefficient (Wildman–Crippen LogP) is 3.01.